The molecule has 3 fully saturated rings. The average Bonchev–Trinajstić information content (AvgIpc) is 3.90. The number of ether oxygens (including phenoxy) is 4. The molecular formula is C35H45N5O11S. The predicted molar refractivity (Wildman–Crippen MR) is 182 cm³/mol. The van der Waals surface area contributed by atoms with Crippen LogP contribution >= 0.6 is 0 Å². The quantitative estimate of drug-likeness (QED) is 0.362. The summed E-state index contributed by atoms with van der Waals surface area (Å²) in [5.74, 6) is -1.32. The smallest absolute Gasteiger partial charge is 0.410 e. The zero-order valence-corrected chi connectivity index (χ0v) is 30.1. The molecule has 1 aromatic rings. The maximum Gasteiger partial charge on any atom is 0.410 e. The third kappa shape index (κ3) is 7.50. The summed E-state index contributed by atoms with van der Waals surface area (Å²) >= 11 is 0. The van der Waals surface area contributed by atoms with Crippen molar-refractivity contribution in [3.05, 3.63) is 35.4 Å². The van der Waals surface area contributed by atoms with E-state index in [1.165, 1.54) is 9.80 Å². The van der Waals surface area contributed by atoms with Crippen molar-refractivity contribution in [2.75, 3.05) is 13.3 Å². The summed E-state index contributed by atoms with van der Waals surface area (Å²) in [6, 6.07) is 1.44. The molecule has 17 heteroatoms. The summed E-state index contributed by atoms with van der Waals surface area (Å²) in [5, 5.41) is 4.83. The van der Waals surface area contributed by atoms with Crippen molar-refractivity contribution in [3.63, 3.8) is 0 Å². The lowest BCUT2D eigenvalue weighted by atomic mass is 10.0. The fourth-order valence-electron chi connectivity index (χ4n) is 7.37. The van der Waals surface area contributed by atoms with Crippen molar-refractivity contribution in [2.24, 2.45) is 5.92 Å². The number of hydrogen-bond donors (Lipinski definition) is 3. The molecule has 7 rings (SSSR count). The van der Waals surface area contributed by atoms with Crippen LogP contribution in [0.15, 0.2) is 24.3 Å². The van der Waals surface area contributed by atoms with Gasteiger partial charge in [0.2, 0.25) is 28.6 Å². The molecule has 52 heavy (non-hydrogen) atoms. The number of allylic oxidation sites excluding steroid dienone is 1. The van der Waals surface area contributed by atoms with Crippen molar-refractivity contribution in [2.45, 2.75) is 120 Å². The van der Waals surface area contributed by atoms with Crippen molar-refractivity contribution < 1.29 is 51.3 Å². The van der Waals surface area contributed by atoms with Gasteiger partial charge in [-0.15, -0.1) is 0 Å². The molecular weight excluding hydrogens is 698 g/mol. The minimum Gasteiger partial charge on any atom is -0.454 e. The second-order valence-corrected chi connectivity index (χ2v) is 16.7. The largest absolute Gasteiger partial charge is 0.454 e. The Morgan fingerprint density at radius 2 is 1.73 bits per heavy atom. The fraction of sp³-hybridized carbons (Fsp3) is 0.629. The number of benzene rings is 1. The topological polar surface area (TPSA) is 199 Å². The molecule has 0 unspecified atom stereocenters. The lowest BCUT2D eigenvalue weighted by Gasteiger charge is -2.30. The monoisotopic (exact) mass is 743 g/mol. The van der Waals surface area contributed by atoms with Gasteiger partial charge >= 0.3 is 12.2 Å². The van der Waals surface area contributed by atoms with E-state index >= 15 is 0 Å². The van der Waals surface area contributed by atoms with E-state index < -0.39 is 80.9 Å². The van der Waals surface area contributed by atoms with Crippen molar-refractivity contribution >= 4 is 39.9 Å². The minimum absolute atomic E-state index is 0.0815. The van der Waals surface area contributed by atoms with Gasteiger partial charge < -0.3 is 34.5 Å². The highest BCUT2D eigenvalue weighted by atomic mass is 32.2. The van der Waals surface area contributed by atoms with E-state index in [0.29, 0.717) is 37.2 Å². The second kappa shape index (κ2) is 14.1. The minimum atomic E-state index is -3.91. The number of sulfonamides is 1. The molecule has 282 valence electrons. The Labute approximate surface area is 301 Å². The van der Waals surface area contributed by atoms with E-state index in [9.17, 15) is 32.4 Å². The van der Waals surface area contributed by atoms with Crippen LogP contribution in [0.4, 0.5) is 9.59 Å². The number of carbonyl (C=O) groups excluding carboxylic acids is 5. The highest BCUT2D eigenvalue weighted by Crippen LogP contribution is 2.46. The number of carbonyl (C=O) groups is 5. The molecule has 5 atom stereocenters. The molecule has 1 aromatic carbocycles. The molecule has 0 radical (unpaired) electrons. The van der Waals surface area contributed by atoms with Gasteiger partial charge in [-0.1, -0.05) is 25.0 Å². The maximum atomic E-state index is 14.3. The first-order chi connectivity index (χ1) is 24.8. The molecule has 0 aromatic heterocycles. The molecule has 4 aliphatic heterocycles. The summed E-state index contributed by atoms with van der Waals surface area (Å²) in [6.45, 7) is 3.90. The number of amides is 5. The third-order valence-corrected chi connectivity index (χ3v) is 12.2. The van der Waals surface area contributed by atoms with Gasteiger partial charge in [-0.25, -0.2) is 18.0 Å². The second-order valence-electron chi connectivity index (χ2n) is 14.7. The van der Waals surface area contributed by atoms with Gasteiger partial charge in [-0.3, -0.25) is 24.0 Å². The van der Waals surface area contributed by atoms with Crippen LogP contribution in [0, 0.1) is 5.92 Å². The first-order valence-corrected chi connectivity index (χ1v) is 19.6. The first-order valence-electron chi connectivity index (χ1n) is 18.0. The SMILES string of the molecule is CC(C)OC(=O)N[C@H]1CCCCC/C=C\[C@@H]2C[C@@]2(C(=O)NS(=O)(=O)C2CC2)NC(=O)[C@@H]2C[C@@H](OC(=O)N3Cc4cc5c(cc4C3)OCO5)CN2C1=O. The number of hydrogen-bond acceptors (Lipinski definition) is 11. The summed E-state index contributed by atoms with van der Waals surface area (Å²) in [7, 11) is -3.91. The molecule has 5 amide bonds. The number of nitrogens with zero attached hydrogens (tertiary/aromatic N) is 2. The van der Waals surface area contributed by atoms with Gasteiger partial charge in [0.15, 0.2) is 11.5 Å². The van der Waals surface area contributed by atoms with E-state index in [4.69, 9.17) is 18.9 Å². The molecule has 0 bridgehead atoms. The molecule has 16 nitrogen and oxygen atoms in total. The number of nitrogens with one attached hydrogen (secondary N) is 3. The zero-order valence-electron chi connectivity index (χ0n) is 29.3. The first kappa shape index (κ1) is 35.8. The molecule has 0 spiro atoms. The fourth-order valence-corrected chi connectivity index (χ4v) is 8.74. The van der Waals surface area contributed by atoms with Crippen LogP contribution in [0.25, 0.3) is 0 Å². The van der Waals surface area contributed by atoms with Gasteiger partial charge in [0.1, 0.15) is 23.7 Å². The van der Waals surface area contributed by atoms with E-state index in [1.54, 1.807) is 13.8 Å². The molecule has 3 N–H and O–H groups in total. The molecule has 2 saturated carbocycles. The van der Waals surface area contributed by atoms with Crippen LogP contribution in [0.5, 0.6) is 11.5 Å². The standard InChI is InChI=1S/C35H45N5O11S/c1-20(2)50-33(44)36-26-9-7-5-3-4-6-8-23-15-35(23,32(43)38-52(46,47)25-10-11-25)37-30(41)27-14-24(18-40(27)31(26)42)51-34(45)39-16-21-12-28-29(49-19-48-28)13-22(21)17-39/h6,8,12-13,20,23-27H,3-5,7,9-11,14-19H2,1-2H3,(H,36,44)(H,37,41)(H,38,43)/b8-6-/t23-,24-,26+,27+,35-/m1/s1. The van der Waals surface area contributed by atoms with E-state index in [-0.39, 0.29) is 45.7 Å². The van der Waals surface area contributed by atoms with Gasteiger partial charge in [0, 0.05) is 25.4 Å². The van der Waals surface area contributed by atoms with Crippen LogP contribution in [0.2, 0.25) is 0 Å². The Morgan fingerprint density at radius 3 is 2.40 bits per heavy atom. The Hall–Kier alpha value is -4.54. The van der Waals surface area contributed by atoms with Crippen molar-refractivity contribution in [3.8, 4) is 11.5 Å². The van der Waals surface area contributed by atoms with Crippen molar-refractivity contribution in [1.29, 1.82) is 0 Å². The van der Waals surface area contributed by atoms with Crippen LogP contribution in [-0.4, -0.2) is 96.5 Å². The lowest BCUT2D eigenvalue weighted by Crippen LogP contribution is -2.58. The van der Waals surface area contributed by atoms with Gasteiger partial charge in [0.25, 0.3) is 5.91 Å². The Kier molecular flexibility index (Phi) is 9.73. The van der Waals surface area contributed by atoms with E-state index in [0.717, 1.165) is 24.0 Å². The van der Waals surface area contributed by atoms with Crippen molar-refractivity contribution in [1.82, 2.24) is 25.2 Å². The number of alkyl carbamates (subject to hydrolysis) is 1. The summed E-state index contributed by atoms with van der Waals surface area (Å²) in [4.78, 5) is 71.1. The van der Waals surface area contributed by atoms with E-state index in [2.05, 4.69) is 15.4 Å². The number of rotatable bonds is 6. The van der Waals surface area contributed by atoms with Crippen LogP contribution in [-0.2, 0) is 47.0 Å². The highest BCUT2D eigenvalue weighted by Gasteiger charge is 2.62. The Morgan fingerprint density at radius 1 is 1.02 bits per heavy atom. The molecule has 2 aliphatic carbocycles. The summed E-state index contributed by atoms with van der Waals surface area (Å²) < 4.78 is 49.8. The summed E-state index contributed by atoms with van der Waals surface area (Å²) in [5.41, 5.74) is 0.238. The van der Waals surface area contributed by atoms with Gasteiger partial charge in [-0.2, -0.15) is 0 Å². The van der Waals surface area contributed by atoms with Gasteiger partial charge in [-0.05, 0) is 75.6 Å². The van der Waals surface area contributed by atoms with Gasteiger partial charge in [0.05, 0.1) is 17.9 Å². The van der Waals surface area contributed by atoms with Crippen LogP contribution in [0.1, 0.15) is 82.8 Å². The molecule has 4 heterocycles. The van der Waals surface area contributed by atoms with Crippen LogP contribution in [0.3, 0.4) is 0 Å². The average molecular weight is 744 g/mol. The predicted octanol–water partition coefficient (Wildman–Crippen LogP) is 2.34. The normalized spacial score (nSPS) is 29.1. The lowest BCUT2D eigenvalue weighted by molar-refractivity contribution is -0.141. The third-order valence-electron chi connectivity index (χ3n) is 10.4. The molecule has 1 saturated heterocycles. The Balaban J connectivity index is 1.12. The maximum absolute atomic E-state index is 14.3. The summed E-state index contributed by atoms with van der Waals surface area (Å²) in [6.07, 6.45) is 5.09. The molecule has 6 aliphatic rings. The Bertz CT molecular complexity index is 1750. The number of fused-ring (bicyclic) bond motifs is 4. The van der Waals surface area contributed by atoms with Crippen LogP contribution < -0.4 is 24.8 Å². The van der Waals surface area contributed by atoms with E-state index in [1.807, 2.05) is 24.3 Å². The zero-order chi connectivity index (χ0) is 36.8. The highest BCUT2D eigenvalue weighted by molar-refractivity contribution is 7.91.